The summed E-state index contributed by atoms with van der Waals surface area (Å²) in [7, 11) is 3.16. The second-order valence-electron chi connectivity index (χ2n) is 3.83. The van der Waals surface area contributed by atoms with Crippen molar-refractivity contribution in [3.05, 3.63) is 23.8 Å². The Morgan fingerprint density at radius 2 is 1.94 bits per heavy atom. The molecule has 86 valence electrons. The molecule has 4 heteroatoms. The van der Waals surface area contributed by atoms with Gasteiger partial charge < -0.3 is 9.47 Å². The number of hydrogen-bond donors (Lipinski definition) is 0. The molecule has 0 saturated heterocycles. The Labute approximate surface area is 94.9 Å². The van der Waals surface area contributed by atoms with Crippen molar-refractivity contribution in [2.45, 2.75) is 19.4 Å². The first-order valence-corrected chi connectivity index (χ1v) is 4.86. The van der Waals surface area contributed by atoms with E-state index in [0.29, 0.717) is 11.5 Å². The number of isocyanates is 1. The zero-order valence-electron chi connectivity index (χ0n) is 9.90. The average molecular weight is 221 g/mol. The molecule has 1 rings (SSSR count). The van der Waals surface area contributed by atoms with E-state index in [-0.39, 0.29) is 0 Å². The number of benzene rings is 1. The van der Waals surface area contributed by atoms with E-state index in [1.165, 1.54) is 0 Å². The van der Waals surface area contributed by atoms with Crippen molar-refractivity contribution < 1.29 is 14.3 Å². The average Bonchev–Trinajstić information content (AvgIpc) is 2.28. The minimum absolute atomic E-state index is 0.671. The summed E-state index contributed by atoms with van der Waals surface area (Å²) >= 11 is 0. The van der Waals surface area contributed by atoms with Crippen LogP contribution in [-0.4, -0.2) is 20.3 Å². The Balaban J connectivity index is 3.33. The van der Waals surface area contributed by atoms with Crippen molar-refractivity contribution in [2.24, 2.45) is 4.99 Å². The van der Waals surface area contributed by atoms with Gasteiger partial charge in [0.15, 0.2) is 0 Å². The fraction of sp³-hybridized carbons (Fsp3) is 0.417. The first-order chi connectivity index (χ1) is 7.55. The minimum Gasteiger partial charge on any atom is -0.497 e. The Kier molecular flexibility index (Phi) is 3.69. The van der Waals surface area contributed by atoms with Gasteiger partial charge in [-0.1, -0.05) is 0 Å². The largest absolute Gasteiger partial charge is 0.497 e. The number of aliphatic imine (C=N–C) groups is 1. The van der Waals surface area contributed by atoms with E-state index in [9.17, 15) is 4.79 Å². The third kappa shape index (κ3) is 2.41. The van der Waals surface area contributed by atoms with Crippen LogP contribution < -0.4 is 9.47 Å². The summed E-state index contributed by atoms with van der Waals surface area (Å²) in [6.45, 7) is 3.63. The van der Waals surface area contributed by atoms with Crippen molar-refractivity contribution in [1.82, 2.24) is 0 Å². The number of methoxy groups -OCH3 is 2. The summed E-state index contributed by atoms with van der Waals surface area (Å²) in [4.78, 5) is 14.2. The van der Waals surface area contributed by atoms with Gasteiger partial charge in [-0.05, 0) is 32.0 Å². The molecule has 0 heterocycles. The predicted octanol–water partition coefficient (Wildman–Crippen LogP) is 2.27. The van der Waals surface area contributed by atoms with E-state index in [0.717, 1.165) is 5.56 Å². The summed E-state index contributed by atoms with van der Waals surface area (Å²) in [5.41, 5.74) is 0.111. The second-order valence-corrected chi connectivity index (χ2v) is 3.83. The van der Waals surface area contributed by atoms with Crippen LogP contribution in [0.5, 0.6) is 11.5 Å². The quantitative estimate of drug-likeness (QED) is 0.579. The van der Waals surface area contributed by atoms with Crippen LogP contribution in [0.3, 0.4) is 0 Å². The molecule has 0 fully saturated rings. The lowest BCUT2D eigenvalue weighted by Gasteiger charge is -2.21. The van der Waals surface area contributed by atoms with Gasteiger partial charge in [-0.25, -0.2) is 4.79 Å². The summed E-state index contributed by atoms with van der Waals surface area (Å²) in [5, 5.41) is 0. The molecule has 0 spiro atoms. The summed E-state index contributed by atoms with van der Waals surface area (Å²) in [6.07, 6.45) is 1.57. The second kappa shape index (κ2) is 4.81. The Morgan fingerprint density at radius 1 is 1.25 bits per heavy atom. The number of carbonyl (C=O) groups excluding carboxylic acids is 1. The van der Waals surface area contributed by atoms with Crippen molar-refractivity contribution >= 4 is 6.08 Å². The van der Waals surface area contributed by atoms with Crippen LogP contribution in [0.2, 0.25) is 0 Å². The third-order valence-corrected chi connectivity index (χ3v) is 2.39. The maximum Gasteiger partial charge on any atom is 0.235 e. The van der Waals surface area contributed by atoms with Crippen molar-refractivity contribution in [1.29, 1.82) is 0 Å². The van der Waals surface area contributed by atoms with E-state index >= 15 is 0 Å². The van der Waals surface area contributed by atoms with E-state index in [2.05, 4.69) is 4.99 Å². The molecule has 16 heavy (non-hydrogen) atoms. The minimum atomic E-state index is -0.679. The third-order valence-electron chi connectivity index (χ3n) is 2.39. The van der Waals surface area contributed by atoms with E-state index in [1.807, 2.05) is 13.8 Å². The summed E-state index contributed by atoms with van der Waals surface area (Å²) < 4.78 is 10.4. The molecule has 0 bridgehead atoms. The van der Waals surface area contributed by atoms with E-state index in [1.54, 1.807) is 38.5 Å². The van der Waals surface area contributed by atoms with Gasteiger partial charge in [0.2, 0.25) is 6.08 Å². The molecule has 0 saturated carbocycles. The molecule has 0 aliphatic heterocycles. The smallest absolute Gasteiger partial charge is 0.235 e. The highest BCUT2D eigenvalue weighted by molar-refractivity contribution is 5.46. The highest BCUT2D eigenvalue weighted by atomic mass is 16.5. The Morgan fingerprint density at radius 3 is 2.44 bits per heavy atom. The lowest BCUT2D eigenvalue weighted by molar-refractivity contribution is 0.385. The lowest BCUT2D eigenvalue weighted by Crippen LogP contribution is -2.15. The van der Waals surface area contributed by atoms with Crippen LogP contribution in [0.4, 0.5) is 0 Å². The van der Waals surface area contributed by atoms with E-state index in [4.69, 9.17) is 9.47 Å². The molecule has 0 N–H and O–H groups in total. The van der Waals surface area contributed by atoms with Crippen molar-refractivity contribution in [2.75, 3.05) is 14.2 Å². The zero-order valence-corrected chi connectivity index (χ0v) is 9.90. The van der Waals surface area contributed by atoms with Crippen molar-refractivity contribution in [3.8, 4) is 11.5 Å². The summed E-state index contributed by atoms with van der Waals surface area (Å²) in [5.74, 6) is 1.37. The molecule has 0 amide bonds. The van der Waals surface area contributed by atoms with Crippen LogP contribution in [0.25, 0.3) is 0 Å². The number of hydrogen-bond acceptors (Lipinski definition) is 4. The van der Waals surface area contributed by atoms with Crippen LogP contribution in [0, 0.1) is 0 Å². The molecule has 4 nitrogen and oxygen atoms in total. The molecular formula is C12H15NO3. The normalized spacial score (nSPS) is 10.5. The Bertz CT molecular complexity index is 420. The first-order valence-electron chi connectivity index (χ1n) is 4.86. The molecule has 1 aromatic carbocycles. The highest BCUT2D eigenvalue weighted by Crippen LogP contribution is 2.35. The van der Waals surface area contributed by atoms with Crippen LogP contribution in [-0.2, 0) is 10.3 Å². The van der Waals surface area contributed by atoms with Gasteiger partial charge in [0.05, 0.1) is 19.8 Å². The van der Waals surface area contributed by atoms with Gasteiger partial charge in [0, 0.05) is 5.56 Å². The van der Waals surface area contributed by atoms with Gasteiger partial charge in [-0.2, -0.15) is 4.99 Å². The number of rotatable bonds is 4. The van der Waals surface area contributed by atoms with E-state index < -0.39 is 5.54 Å². The molecule has 0 unspecified atom stereocenters. The molecular weight excluding hydrogens is 206 g/mol. The molecule has 0 aromatic heterocycles. The van der Waals surface area contributed by atoms with Crippen molar-refractivity contribution in [3.63, 3.8) is 0 Å². The fourth-order valence-corrected chi connectivity index (χ4v) is 1.47. The van der Waals surface area contributed by atoms with Gasteiger partial charge >= 0.3 is 0 Å². The molecule has 1 aromatic rings. The van der Waals surface area contributed by atoms with Crippen LogP contribution in [0.15, 0.2) is 23.2 Å². The molecule has 0 aliphatic carbocycles. The van der Waals surface area contributed by atoms with Crippen LogP contribution >= 0.6 is 0 Å². The summed E-state index contributed by atoms with van der Waals surface area (Å²) in [6, 6.07) is 5.39. The first kappa shape index (κ1) is 12.3. The lowest BCUT2D eigenvalue weighted by atomic mass is 9.94. The Hall–Kier alpha value is -1.80. The molecule has 0 atom stereocenters. The highest BCUT2D eigenvalue weighted by Gasteiger charge is 2.24. The van der Waals surface area contributed by atoms with Gasteiger partial charge in [0.1, 0.15) is 11.5 Å². The molecule has 0 aliphatic rings. The topological polar surface area (TPSA) is 47.9 Å². The SMILES string of the molecule is COc1ccc(OC)c(C(C)(C)N=C=O)c1. The van der Waals surface area contributed by atoms with Gasteiger partial charge in [-0.15, -0.1) is 0 Å². The maximum absolute atomic E-state index is 10.4. The van der Waals surface area contributed by atoms with Crippen LogP contribution in [0.1, 0.15) is 19.4 Å². The number of nitrogens with zero attached hydrogens (tertiary/aromatic N) is 1. The monoisotopic (exact) mass is 221 g/mol. The zero-order chi connectivity index (χ0) is 12.2. The predicted molar refractivity (Wildman–Crippen MR) is 60.7 cm³/mol. The molecule has 0 radical (unpaired) electrons. The standard InChI is InChI=1S/C12H15NO3/c1-12(2,13-8-14)10-7-9(15-3)5-6-11(10)16-4/h5-7H,1-4H3. The van der Waals surface area contributed by atoms with Gasteiger partial charge in [0.25, 0.3) is 0 Å². The number of ether oxygens (including phenoxy) is 2. The maximum atomic E-state index is 10.4. The van der Waals surface area contributed by atoms with Gasteiger partial charge in [-0.3, -0.25) is 0 Å². The fourth-order valence-electron chi connectivity index (χ4n) is 1.47.